The van der Waals surface area contributed by atoms with E-state index in [1.165, 1.54) is 42.0 Å². The third-order valence-corrected chi connectivity index (χ3v) is 3.80. The van der Waals surface area contributed by atoms with E-state index in [1.54, 1.807) is 0 Å². The highest BCUT2D eigenvalue weighted by atomic mass is 15.1. The van der Waals surface area contributed by atoms with Gasteiger partial charge in [-0.1, -0.05) is 32.1 Å². The number of imidazole rings is 1. The van der Waals surface area contributed by atoms with E-state index < -0.39 is 0 Å². The van der Waals surface area contributed by atoms with Gasteiger partial charge >= 0.3 is 0 Å². The van der Waals surface area contributed by atoms with Gasteiger partial charge in [0, 0.05) is 13.8 Å². The summed E-state index contributed by atoms with van der Waals surface area (Å²) < 4.78 is 2.45. The van der Waals surface area contributed by atoms with Gasteiger partial charge < -0.3 is 0 Å². The SMILES string of the molecule is Cc1[nH]c(C(C)C)[n+](CC2=CC=CCCC2)c1C. The van der Waals surface area contributed by atoms with Gasteiger partial charge in [0.1, 0.15) is 17.9 Å². The molecule has 2 rings (SSSR count). The van der Waals surface area contributed by atoms with Crippen molar-refractivity contribution in [2.75, 3.05) is 0 Å². The minimum absolute atomic E-state index is 0.541. The molecule has 2 heteroatoms. The molecule has 0 saturated heterocycles. The molecule has 0 atom stereocenters. The Hall–Kier alpha value is -1.31. The topological polar surface area (TPSA) is 19.7 Å². The van der Waals surface area contributed by atoms with E-state index in [9.17, 15) is 0 Å². The molecule has 0 aliphatic heterocycles. The van der Waals surface area contributed by atoms with Crippen LogP contribution in [-0.2, 0) is 6.54 Å². The quantitative estimate of drug-likeness (QED) is 0.783. The van der Waals surface area contributed by atoms with Crippen molar-refractivity contribution < 1.29 is 4.57 Å². The van der Waals surface area contributed by atoms with Crippen LogP contribution in [-0.4, -0.2) is 4.98 Å². The zero-order valence-electron chi connectivity index (χ0n) is 12.1. The molecule has 18 heavy (non-hydrogen) atoms. The Morgan fingerprint density at radius 3 is 2.83 bits per heavy atom. The van der Waals surface area contributed by atoms with E-state index in [0.29, 0.717) is 5.92 Å². The van der Waals surface area contributed by atoms with Crippen LogP contribution < -0.4 is 4.57 Å². The molecule has 1 heterocycles. The molecular weight excluding hydrogens is 220 g/mol. The van der Waals surface area contributed by atoms with Crippen LogP contribution in [0.15, 0.2) is 23.8 Å². The Morgan fingerprint density at radius 2 is 2.11 bits per heavy atom. The molecule has 0 amide bonds. The van der Waals surface area contributed by atoms with Crippen LogP contribution in [0.5, 0.6) is 0 Å². The van der Waals surface area contributed by atoms with Crippen LogP contribution in [0.2, 0.25) is 0 Å². The van der Waals surface area contributed by atoms with Crippen LogP contribution in [0.25, 0.3) is 0 Å². The van der Waals surface area contributed by atoms with Crippen molar-refractivity contribution in [3.63, 3.8) is 0 Å². The first-order valence-electron chi connectivity index (χ1n) is 7.03. The molecular formula is C16H25N2+. The van der Waals surface area contributed by atoms with Gasteiger partial charge in [-0.05, 0) is 24.8 Å². The average molecular weight is 245 g/mol. The van der Waals surface area contributed by atoms with E-state index in [4.69, 9.17) is 0 Å². The summed E-state index contributed by atoms with van der Waals surface area (Å²) in [6.07, 6.45) is 10.5. The van der Waals surface area contributed by atoms with Gasteiger partial charge in [-0.3, -0.25) is 0 Å². The number of nitrogens with one attached hydrogen (secondary N) is 1. The first kappa shape index (κ1) is 13.1. The molecule has 0 unspecified atom stereocenters. The Bertz CT molecular complexity index is 476. The van der Waals surface area contributed by atoms with E-state index >= 15 is 0 Å². The lowest BCUT2D eigenvalue weighted by Gasteiger charge is -2.08. The first-order valence-corrected chi connectivity index (χ1v) is 7.03. The number of hydrogen-bond donors (Lipinski definition) is 1. The van der Waals surface area contributed by atoms with Gasteiger partial charge in [0.15, 0.2) is 0 Å². The highest BCUT2D eigenvalue weighted by Crippen LogP contribution is 2.16. The summed E-state index contributed by atoms with van der Waals surface area (Å²) in [5.41, 5.74) is 4.20. The van der Waals surface area contributed by atoms with Crippen molar-refractivity contribution >= 4 is 0 Å². The number of aromatic nitrogens is 2. The predicted molar refractivity (Wildman–Crippen MR) is 75.6 cm³/mol. The Morgan fingerprint density at radius 1 is 1.33 bits per heavy atom. The molecule has 0 bridgehead atoms. The molecule has 0 spiro atoms. The number of aryl methyl sites for hydroxylation is 1. The van der Waals surface area contributed by atoms with Crippen molar-refractivity contribution in [1.82, 2.24) is 4.98 Å². The number of aromatic amines is 1. The van der Waals surface area contributed by atoms with Gasteiger partial charge in [-0.25, -0.2) is 9.55 Å². The Kier molecular flexibility index (Phi) is 4.05. The van der Waals surface area contributed by atoms with Crippen LogP contribution in [0, 0.1) is 13.8 Å². The Balaban J connectivity index is 2.27. The molecule has 1 aliphatic rings. The molecule has 0 radical (unpaired) electrons. The molecule has 1 aromatic heterocycles. The van der Waals surface area contributed by atoms with E-state index in [2.05, 4.69) is 55.5 Å². The number of H-pyrrole nitrogens is 1. The lowest BCUT2D eigenvalue weighted by molar-refractivity contribution is -0.702. The zero-order valence-corrected chi connectivity index (χ0v) is 12.1. The van der Waals surface area contributed by atoms with Gasteiger partial charge in [0.2, 0.25) is 0 Å². The lowest BCUT2D eigenvalue weighted by atomic mass is 10.1. The fourth-order valence-corrected chi connectivity index (χ4v) is 2.56. The summed E-state index contributed by atoms with van der Waals surface area (Å²) in [5.74, 6) is 1.89. The molecule has 1 aliphatic carbocycles. The molecule has 1 aromatic rings. The summed E-state index contributed by atoms with van der Waals surface area (Å²) >= 11 is 0. The highest BCUT2D eigenvalue weighted by Gasteiger charge is 2.22. The number of allylic oxidation sites excluding steroid dienone is 4. The number of rotatable bonds is 3. The van der Waals surface area contributed by atoms with E-state index in [0.717, 1.165) is 6.54 Å². The first-order chi connectivity index (χ1) is 8.59. The second kappa shape index (κ2) is 5.55. The maximum Gasteiger partial charge on any atom is 0.257 e. The summed E-state index contributed by atoms with van der Waals surface area (Å²) in [4.78, 5) is 3.54. The third-order valence-electron chi connectivity index (χ3n) is 3.80. The fraction of sp³-hybridized carbons (Fsp3) is 0.562. The molecule has 0 aromatic carbocycles. The molecule has 0 fully saturated rings. The number of hydrogen-bond acceptors (Lipinski definition) is 0. The largest absolute Gasteiger partial charge is 0.257 e. The van der Waals surface area contributed by atoms with Crippen molar-refractivity contribution in [3.05, 3.63) is 41.0 Å². The summed E-state index contributed by atoms with van der Waals surface area (Å²) in [6.45, 7) is 9.92. The average Bonchev–Trinajstić information content (AvgIpc) is 2.56. The smallest absolute Gasteiger partial charge is 0.245 e. The van der Waals surface area contributed by atoms with Crippen LogP contribution in [0.3, 0.4) is 0 Å². The zero-order chi connectivity index (χ0) is 13.1. The van der Waals surface area contributed by atoms with E-state index in [-0.39, 0.29) is 0 Å². The normalized spacial score (nSPS) is 15.9. The summed E-state index contributed by atoms with van der Waals surface area (Å²) in [6, 6.07) is 0. The molecule has 2 nitrogen and oxygen atoms in total. The maximum atomic E-state index is 3.54. The van der Waals surface area contributed by atoms with Crippen LogP contribution in [0.1, 0.15) is 56.2 Å². The van der Waals surface area contributed by atoms with Gasteiger partial charge in [-0.2, -0.15) is 0 Å². The monoisotopic (exact) mass is 245 g/mol. The Labute approximate surface area is 110 Å². The van der Waals surface area contributed by atoms with Crippen molar-refractivity contribution in [1.29, 1.82) is 0 Å². The van der Waals surface area contributed by atoms with Crippen LogP contribution in [0.4, 0.5) is 0 Å². The fourth-order valence-electron chi connectivity index (χ4n) is 2.56. The summed E-state index contributed by atoms with van der Waals surface area (Å²) in [7, 11) is 0. The third kappa shape index (κ3) is 2.74. The lowest BCUT2D eigenvalue weighted by Crippen LogP contribution is -2.40. The maximum absolute atomic E-state index is 3.54. The van der Waals surface area contributed by atoms with Crippen molar-refractivity contribution in [3.8, 4) is 0 Å². The molecule has 98 valence electrons. The minimum Gasteiger partial charge on any atom is -0.245 e. The molecule has 0 saturated carbocycles. The second-order valence-electron chi connectivity index (χ2n) is 5.61. The second-order valence-corrected chi connectivity index (χ2v) is 5.61. The van der Waals surface area contributed by atoms with Crippen molar-refractivity contribution in [2.24, 2.45) is 0 Å². The predicted octanol–water partition coefficient (Wildman–Crippen LogP) is 3.71. The van der Waals surface area contributed by atoms with Crippen LogP contribution >= 0.6 is 0 Å². The number of nitrogens with zero attached hydrogens (tertiary/aromatic N) is 1. The van der Waals surface area contributed by atoms with Gasteiger partial charge in [0.25, 0.3) is 5.82 Å². The van der Waals surface area contributed by atoms with Gasteiger partial charge in [-0.15, -0.1) is 0 Å². The highest BCUT2D eigenvalue weighted by molar-refractivity contribution is 5.14. The minimum atomic E-state index is 0.541. The molecule has 1 N–H and O–H groups in total. The van der Waals surface area contributed by atoms with Gasteiger partial charge in [0.05, 0.1) is 5.92 Å². The van der Waals surface area contributed by atoms with E-state index in [1.807, 2.05) is 0 Å². The van der Waals surface area contributed by atoms with Crippen molar-refractivity contribution in [2.45, 2.75) is 59.4 Å². The summed E-state index contributed by atoms with van der Waals surface area (Å²) in [5, 5.41) is 0. The standard InChI is InChI=1S/C16H24N2/c1-12(2)16-17-13(3)14(4)18(16)11-15-9-7-5-6-8-10-15/h5,7,9,12H,6,8,10-11H2,1-4H3/p+1.